The van der Waals surface area contributed by atoms with Gasteiger partial charge in [0, 0.05) is 88.4 Å². The number of carbonyl (C=O) groups excluding carboxylic acids is 2. The summed E-state index contributed by atoms with van der Waals surface area (Å²) in [5.41, 5.74) is 1.26. The minimum Gasteiger partial charge on any atom is -0.490 e. The van der Waals surface area contributed by atoms with Crippen LogP contribution in [-0.2, 0) is 24.6 Å². The molecule has 1 aliphatic carbocycles. The van der Waals surface area contributed by atoms with Crippen molar-refractivity contribution in [3.8, 4) is 17.0 Å². The zero-order valence-electron chi connectivity index (χ0n) is 22.5. The Labute approximate surface area is 234 Å². The Morgan fingerprint density at radius 2 is 1.88 bits per heavy atom. The highest BCUT2D eigenvalue weighted by atomic mass is 19.4. The topological polar surface area (TPSA) is 95.8 Å². The molecule has 0 radical (unpaired) electrons. The molecule has 1 saturated carbocycles. The number of ether oxygens (including phenoxy) is 1. The minimum absolute atomic E-state index is 0.0812. The Hall–Kier alpha value is -3.97. The van der Waals surface area contributed by atoms with Crippen LogP contribution in [0.5, 0.6) is 5.75 Å². The van der Waals surface area contributed by atoms with Crippen molar-refractivity contribution in [2.24, 2.45) is 7.05 Å². The summed E-state index contributed by atoms with van der Waals surface area (Å²) in [5.74, 6) is 0.186. The number of nitrogens with one attached hydrogen (secondary N) is 1. The summed E-state index contributed by atoms with van der Waals surface area (Å²) in [4.78, 5) is 35.0. The largest absolute Gasteiger partial charge is 0.490 e. The van der Waals surface area contributed by atoms with Gasteiger partial charge in [-0.2, -0.15) is 18.3 Å². The van der Waals surface area contributed by atoms with Gasteiger partial charge in [0.25, 0.3) is 5.91 Å². The number of carbonyl (C=O) groups is 2. The fourth-order valence-corrected chi connectivity index (χ4v) is 5.52. The molecule has 0 unspecified atom stereocenters. The summed E-state index contributed by atoms with van der Waals surface area (Å²) >= 11 is 0. The van der Waals surface area contributed by atoms with Crippen molar-refractivity contribution in [1.82, 2.24) is 29.9 Å². The van der Waals surface area contributed by atoms with Gasteiger partial charge in [0.1, 0.15) is 18.4 Å². The van der Waals surface area contributed by atoms with Gasteiger partial charge in [-0.25, -0.2) is 4.79 Å². The van der Waals surface area contributed by atoms with Gasteiger partial charge in [-0.15, -0.1) is 0 Å². The zero-order valence-corrected chi connectivity index (χ0v) is 22.5. The van der Waals surface area contributed by atoms with Gasteiger partial charge in [0.2, 0.25) is 0 Å². The lowest BCUT2D eigenvalue weighted by Crippen LogP contribution is -2.52. The molecule has 13 heteroatoms. The van der Waals surface area contributed by atoms with Crippen LogP contribution in [-0.4, -0.2) is 81.4 Å². The predicted molar refractivity (Wildman–Crippen MR) is 143 cm³/mol. The lowest BCUT2D eigenvalue weighted by molar-refractivity contribution is -0.137. The molecule has 41 heavy (non-hydrogen) atoms. The minimum atomic E-state index is -4.58. The number of halogens is 3. The summed E-state index contributed by atoms with van der Waals surface area (Å²) in [6, 6.07) is 6.23. The number of urea groups is 1. The molecule has 0 bridgehead atoms. The summed E-state index contributed by atoms with van der Waals surface area (Å²) in [6.07, 6.45) is 1.28. The fourth-order valence-electron chi connectivity index (χ4n) is 5.52. The van der Waals surface area contributed by atoms with Crippen LogP contribution >= 0.6 is 0 Å². The second-order valence-electron chi connectivity index (χ2n) is 10.7. The van der Waals surface area contributed by atoms with E-state index >= 15 is 0 Å². The maximum atomic E-state index is 13.8. The van der Waals surface area contributed by atoms with Crippen molar-refractivity contribution in [3.63, 3.8) is 0 Å². The molecule has 10 nitrogen and oxygen atoms in total. The van der Waals surface area contributed by atoms with E-state index in [0.717, 1.165) is 48.8 Å². The Kier molecular flexibility index (Phi) is 7.16. The lowest BCUT2D eigenvalue weighted by Gasteiger charge is -2.39. The highest BCUT2D eigenvalue weighted by Gasteiger charge is 2.47. The van der Waals surface area contributed by atoms with Crippen LogP contribution < -0.4 is 15.0 Å². The van der Waals surface area contributed by atoms with E-state index in [9.17, 15) is 22.8 Å². The third-order valence-corrected chi connectivity index (χ3v) is 7.70. The molecule has 3 fully saturated rings. The Morgan fingerprint density at radius 1 is 1.10 bits per heavy atom. The van der Waals surface area contributed by atoms with Gasteiger partial charge in [0.15, 0.2) is 0 Å². The van der Waals surface area contributed by atoms with Gasteiger partial charge >= 0.3 is 12.2 Å². The van der Waals surface area contributed by atoms with Crippen molar-refractivity contribution in [1.29, 1.82) is 0 Å². The van der Waals surface area contributed by atoms with Crippen LogP contribution in [0, 0.1) is 0 Å². The van der Waals surface area contributed by atoms with Crippen LogP contribution in [0.3, 0.4) is 0 Å². The van der Waals surface area contributed by atoms with Crippen LogP contribution in [0.15, 0.2) is 48.9 Å². The van der Waals surface area contributed by atoms with Gasteiger partial charge < -0.3 is 10.1 Å². The van der Waals surface area contributed by atoms with Crippen LogP contribution in [0.1, 0.15) is 24.0 Å². The number of amides is 3. The molecule has 4 heterocycles. The van der Waals surface area contributed by atoms with Crippen molar-refractivity contribution in [2.45, 2.75) is 37.7 Å². The normalized spacial score (nSPS) is 21.9. The zero-order chi connectivity index (χ0) is 28.7. The fraction of sp³-hybridized carbons (Fsp3) is 0.429. The smallest absolute Gasteiger partial charge is 0.416 e. The number of nitrogens with zero attached hydrogens (tertiary/aromatic N) is 6. The summed E-state index contributed by atoms with van der Waals surface area (Å²) in [7, 11) is 1.82. The maximum absolute atomic E-state index is 13.8. The van der Waals surface area contributed by atoms with Crippen molar-refractivity contribution >= 4 is 17.6 Å². The van der Waals surface area contributed by atoms with Crippen LogP contribution in [0.25, 0.3) is 11.3 Å². The summed E-state index contributed by atoms with van der Waals surface area (Å²) in [5, 5.41) is 7.38. The molecular weight excluding hydrogens is 539 g/mol. The maximum Gasteiger partial charge on any atom is 0.416 e. The SMILES string of the molecule is Cn1cc(-c2cc(O[C@H]3C[C@H](N4C(=O)CN(c5cc(CN6CCNCC6)cc(C(F)(F)F)c5)C4=O)C3)ccn2)cn1. The molecule has 6 rings (SSSR count). The number of imide groups is 1. The van der Waals surface area contributed by atoms with E-state index in [0.29, 0.717) is 36.4 Å². The first-order chi connectivity index (χ1) is 19.6. The molecule has 216 valence electrons. The highest BCUT2D eigenvalue weighted by Crippen LogP contribution is 2.37. The van der Waals surface area contributed by atoms with E-state index in [2.05, 4.69) is 20.3 Å². The number of hydrogen-bond donors (Lipinski definition) is 1. The monoisotopic (exact) mass is 569 g/mol. The number of piperazine rings is 1. The van der Waals surface area contributed by atoms with E-state index in [-0.39, 0.29) is 24.4 Å². The second kappa shape index (κ2) is 10.8. The first-order valence-corrected chi connectivity index (χ1v) is 13.5. The average Bonchev–Trinajstić information content (AvgIpc) is 3.48. The van der Waals surface area contributed by atoms with Crippen molar-refractivity contribution in [3.05, 3.63) is 60.0 Å². The second-order valence-corrected chi connectivity index (χ2v) is 10.7. The molecule has 1 aromatic carbocycles. The number of hydrogen-bond acceptors (Lipinski definition) is 7. The number of pyridine rings is 1. The first-order valence-electron chi connectivity index (χ1n) is 13.5. The van der Waals surface area contributed by atoms with E-state index in [1.165, 1.54) is 4.90 Å². The summed E-state index contributed by atoms with van der Waals surface area (Å²) < 4.78 is 49.1. The van der Waals surface area contributed by atoms with Crippen LogP contribution in [0.2, 0.25) is 0 Å². The van der Waals surface area contributed by atoms with Gasteiger partial charge in [-0.05, 0) is 29.8 Å². The number of rotatable bonds is 7. The molecule has 3 aromatic rings. The highest BCUT2D eigenvalue weighted by molar-refractivity contribution is 6.12. The number of aromatic nitrogens is 3. The van der Waals surface area contributed by atoms with Gasteiger partial charge in [-0.1, -0.05) is 0 Å². The predicted octanol–water partition coefficient (Wildman–Crippen LogP) is 3.28. The number of aryl methyl sites for hydroxylation is 1. The van der Waals surface area contributed by atoms with E-state index in [1.807, 2.05) is 19.3 Å². The van der Waals surface area contributed by atoms with Gasteiger partial charge in [-0.3, -0.25) is 29.2 Å². The standard InChI is InChI=1S/C28H30F3N7O3/c1-35-16-19(14-34-35)25-13-23(2-3-33-25)41-24-11-22(12-24)38-26(39)17-37(27(38)40)21-9-18(8-20(10-21)28(29,30)31)15-36-6-4-32-5-7-36/h2-3,8-10,13-14,16,22,24,32H,4-7,11-12,15,17H2,1H3/t22-,24-. The van der Waals surface area contributed by atoms with Crippen LogP contribution in [0.4, 0.5) is 23.7 Å². The molecule has 3 amide bonds. The quantitative estimate of drug-likeness (QED) is 0.437. The third kappa shape index (κ3) is 5.77. The van der Waals surface area contributed by atoms with Gasteiger partial charge in [0.05, 0.1) is 17.5 Å². The first kappa shape index (κ1) is 27.2. The van der Waals surface area contributed by atoms with Crippen molar-refractivity contribution < 1.29 is 27.5 Å². The molecular formula is C28H30F3N7O3. The van der Waals surface area contributed by atoms with E-state index in [4.69, 9.17) is 4.74 Å². The average molecular weight is 570 g/mol. The molecule has 1 N–H and O–H groups in total. The number of benzene rings is 1. The van der Waals surface area contributed by atoms with E-state index < -0.39 is 23.7 Å². The Morgan fingerprint density at radius 3 is 2.59 bits per heavy atom. The Balaban J connectivity index is 1.13. The molecule has 2 aromatic heterocycles. The van der Waals surface area contributed by atoms with E-state index in [1.54, 1.807) is 29.2 Å². The molecule has 0 atom stereocenters. The number of alkyl halides is 3. The lowest BCUT2D eigenvalue weighted by atomic mass is 9.88. The summed E-state index contributed by atoms with van der Waals surface area (Å²) in [6.45, 7) is 2.99. The number of anilines is 1. The molecule has 2 saturated heterocycles. The molecule has 0 spiro atoms. The molecule has 2 aliphatic heterocycles. The van der Waals surface area contributed by atoms with Crippen molar-refractivity contribution in [2.75, 3.05) is 37.6 Å². The third-order valence-electron chi connectivity index (χ3n) is 7.70. The molecule has 3 aliphatic rings. The Bertz CT molecular complexity index is 1450.